The van der Waals surface area contributed by atoms with E-state index in [1.165, 1.54) is 0 Å². The molecule has 0 radical (unpaired) electrons. The summed E-state index contributed by atoms with van der Waals surface area (Å²) < 4.78 is 9.15. The van der Waals surface area contributed by atoms with Crippen molar-refractivity contribution in [3.63, 3.8) is 0 Å². The smallest absolute Gasteiger partial charge is 0.312 e. The highest BCUT2D eigenvalue weighted by atomic mass is 16.5. The number of esters is 1. The predicted octanol–water partition coefficient (Wildman–Crippen LogP) is 0.895. The van der Waals surface area contributed by atoms with E-state index < -0.39 is 0 Å². The number of aromatic nitrogens is 2. The third-order valence-corrected chi connectivity index (χ3v) is 2.74. The van der Waals surface area contributed by atoms with E-state index in [4.69, 9.17) is 4.74 Å². The van der Waals surface area contributed by atoms with Crippen LogP contribution in [0.25, 0.3) is 0 Å². The summed E-state index contributed by atoms with van der Waals surface area (Å²) >= 11 is 0. The molecule has 0 unspecified atom stereocenters. The van der Waals surface area contributed by atoms with Gasteiger partial charge in [0.1, 0.15) is 6.42 Å². The summed E-state index contributed by atoms with van der Waals surface area (Å²) in [4.78, 5) is 11.6. The van der Waals surface area contributed by atoms with Crippen LogP contribution in [0.2, 0.25) is 0 Å². The van der Waals surface area contributed by atoms with Crippen molar-refractivity contribution < 1.29 is 18.7 Å². The summed E-state index contributed by atoms with van der Waals surface area (Å²) in [7, 11) is 0. The molecule has 4 heteroatoms. The number of rotatable bonds is 6. The van der Waals surface area contributed by atoms with Crippen LogP contribution in [0.5, 0.6) is 0 Å². The number of hydrogen-bond donors (Lipinski definition) is 0. The summed E-state index contributed by atoms with van der Waals surface area (Å²) in [6.45, 7) is 1.75. The minimum absolute atomic E-state index is 0.159. The molecule has 2 rings (SSSR count). The van der Waals surface area contributed by atoms with Crippen LogP contribution >= 0.6 is 0 Å². The molecule has 2 heterocycles. The molecule has 98 valence electrons. The van der Waals surface area contributed by atoms with Crippen LogP contribution in [0.4, 0.5) is 0 Å². The van der Waals surface area contributed by atoms with Gasteiger partial charge in [0.15, 0.2) is 44.5 Å². The van der Waals surface area contributed by atoms with Crippen molar-refractivity contribution in [3.8, 4) is 0 Å². The number of ether oxygens (including phenoxy) is 1. The molecule has 0 saturated heterocycles. The quantitative estimate of drug-likeness (QED) is 0.570. The van der Waals surface area contributed by atoms with Gasteiger partial charge in [-0.3, -0.25) is 4.79 Å². The van der Waals surface area contributed by atoms with Gasteiger partial charge in [-0.1, -0.05) is 12.1 Å². The molecule has 0 aliphatic heterocycles. The zero-order chi connectivity index (χ0) is 13.3. The first kappa shape index (κ1) is 13.2. The second kappa shape index (κ2) is 7.26. The molecule has 2 aromatic heterocycles. The fourth-order valence-corrected chi connectivity index (χ4v) is 1.72. The molecular weight excluding hydrogens is 240 g/mol. The molecule has 19 heavy (non-hydrogen) atoms. The van der Waals surface area contributed by atoms with Gasteiger partial charge >= 0.3 is 5.97 Å². The topological polar surface area (TPSA) is 34.1 Å². The Morgan fingerprint density at radius 1 is 0.789 bits per heavy atom. The zero-order valence-corrected chi connectivity index (χ0v) is 10.8. The number of carbonyl (C=O) groups is 1. The maximum absolute atomic E-state index is 11.6. The predicted molar refractivity (Wildman–Crippen MR) is 68.9 cm³/mol. The van der Waals surface area contributed by atoms with E-state index in [-0.39, 0.29) is 5.97 Å². The number of nitrogens with zero attached hydrogens (tertiary/aromatic N) is 2. The lowest BCUT2D eigenvalue weighted by molar-refractivity contribution is -0.698. The normalized spacial score (nSPS) is 10.1. The van der Waals surface area contributed by atoms with Gasteiger partial charge in [-0.25, -0.2) is 9.13 Å². The average molecular weight is 258 g/mol. The largest absolute Gasteiger partial charge is 0.459 e. The number of carbonyl (C=O) groups excluding carboxylic acids is 1. The summed E-state index contributed by atoms with van der Waals surface area (Å²) in [5, 5.41) is 0. The van der Waals surface area contributed by atoms with E-state index in [1.807, 2.05) is 70.3 Å². The Labute approximate surface area is 112 Å². The van der Waals surface area contributed by atoms with E-state index >= 15 is 0 Å². The van der Waals surface area contributed by atoms with Gasteiger partial charge in [-0.2, -0.15) is 0 Å². The van der Waals surface area contributed by atoms with Crippen molar-refractivity contribution >= 4 is 5.97 Å². The molecule has 0 aliphatic rings. The Balaban J connectivity index is 1.65. The molecule has 0 fully saturated rings. The first-order chi connectivity index (χ1) is 9.34. The third kappa shape index (κ3) is 4.87. The van der Waals surface area contributed by atoms with Gasteiger partial charge in [0.25, 0.3) is 0 Å². The van der Waals surface area contributed by atoms with E-state index in [0.717, 1.165) is 0 Å². The molecule has 2 aromatic rings. The fourth-order valence-electron chi connectivity index (χ4n) is 1.72. The lowest BCUT2D eigenvalue weighted by atomic mass is 10.4. The van der Waals surface area contributed by atoms with Crippen LogP contribution in [-0.4, -0.2) is 12.6 Å². The van der Waals surface area contributed by atoms with Crippen LogP contribution in [-0.2, 0) is 22.6 Å². The SMILES string of the molecule is O=C(CC[n+]1ccccc1)OCC[n+]1ccccc1. The number of pyridine rings is 2. The molecule has 0 atom stereocenters. The summed E-state index contributed by atoms with van der Waals surface area (Å²) in [6.07, 6.45) is 8.18. The van der Waals surface area contributed by atoms with Crippen LogP contribution in [0.15, 0.2) is 61.2 Å². The molecule has 0 bridgehead atoms. The number of aryl methyl sites for hydroxylation is 1. The van der Waals surface area contributed by atoms with Gasteiger partial charge in [0.2, 0.25) is 0 Å². The lowest BCUT2D eigenvalue weighted by Crippen LogP contribution is -2.36. The van der Waals surface area contributed by atoms with Crippen molar-refractivity contribution in [2.24, 2.45) is 0 Å². The van der Waals surface area contributed by atoms with E-state index in [2.05, 4.69) is 0 Å². The highest BCUT2D eigenvalue weighted by Gasteiger charge is 2.08. The molecule has 0 amide bonds. The van der Waals surface area contributed by atoms with Gasteiger partial charge in [-0.05, 0) is 0 Å². The molecular formula is C15H18N2O2+2. The zero-order valence-electron chi connectivity index (χ0n) is 10.8. The van der Waals surface area contributed by atoms with Gasteiger partial charge in [0, 0.05) is 24.3 Å². The Morgan fingerprint density at radius 2 is 1.32 bits per heavy atom. The minimum Gasteiger partial charge on any atom is -0.459 e. The maximum atomic E-state index is 11.6. The Hall–Kier alpha value is -2.23. The summed E-state index contributed by atoms with van der Waals surface area (Å²) in [5.41, 5.74) is 0. The molecule has 4 nitrogen and oxygen atoms in total. The average Bonchev–Trinajstić information content (AvgIpc) is 2.47. The van der Waals surface area contributed by atoms with Crippen LogP contribution < -0.4 is 9.13 Å². The van der Waals surface area contributed by atoms with Crippen molar-refractivity contribution in [2.75, 3.05) is 6.61 Å². The van der Waals surface area contributed by atoms with E-state index in [1.54, 1.807) is 0 Å². The second-order valence-electron chi connectivity index (χ2n) is 4.20. The fraction of sp³-hybridized carbons (Fsp3) is 0.267. The highest BCUT2D eigenvalue weighted by molar-refractivity contribution is 5.68. The minimum atomic E-state index is -0.159. The van der Waals surface area contributed by atoms with E-state index in [0.29, 0.717) is 26.1 Å². The van der Waals surface area contributed by atoms with Crippen LogP contribution in [0, 0.1) is 0 Å². The molecule has 0 aliphatic carbocycles. The summed E-state index contributed by atoms with van der Waals surface area (Å²) in [5.74, 6) is -0.159. The first-order valence-corrected chi connectivity index (χ1v) is 6.38. The molecule has 0 aromatic carbocycles. The standard InChI is InChI=1S/C15H18N2O2/c18-15(7-12-16-8-3-1-4-9-16)19-14-13-17-10-5-2-6-11-17/h1-6,8-11H,7,12-14H2/q+2. The molecule has 0 saturated carbocycles. The number of hydrogen-bond acceptors (Lipinski definition) is 2. The van der Waals surface area contributed by atoms with Crippen molar-refractivity contribution in [1.29, 1.82) is 0 Å². The summed E-state index contributed by atoms with van der Waals surface area (Å²) in [6, 6.07) is 11.7. The monoisotopic (exact) mass is 258 g/mol. The maximum Gasteiger partial charge on any atom is 0.312 e. The third-order valence-electron chi connectivity index (χ3n) is 2.74. The van der Waals surface area contributed by atoms with Crippen LogP contribution in [0.1, 0.15) is 6.42 Å². The molecule has 0 spiro atoms. The van der Waals surface area contributed by atoms with Crippen molar-refractivity contribution in [1.82, 2.24) is 0 Å². The second-order valence-corrected chi connectivity index (χ2v) is 4.20. The Morgan fingerprint density at radius 3 is 1.89 bits per heavy atom. The van der Waals surface area contributed by atoms with Gasteiger partial charge in [-0.15, -0.1) is 0 Å². The molecule has 0 N–H and O–H groups in total. The Kier molecular flexibility index (Phi) is 5.05. The highest BCUT2D eigenvalue weighted by Crippen LogP contribution is 1.88. The Bertz CT molecular complexity index is 500. The van der Waals surface area contributed by atoms with Crippen molar-refractivity contribution in [3.05, 3.63) is 61.2 Å². The van der Waals surface area contributed by atoms with Crippen LogP contribution in [0.3, 0.4) is 0 Å². The lowest BCUT2D eigenvalue weighted by Gasteiger charge is -2.01. The first-order valence-electron chi connectivity index (χ1n) is 6.38. The van der Waals surface area contributed by atoms with Gasteiger partial charge in [0.05, 0.1) is 0 Å². The van der Waals surface area contributed by atoms with E-state index in [9.17, 15) is 4.79 Å². The van der Waals surface area contributed by atoms with Gasteiger partial charge < -0.3 is 4.74 Å². The van der Waals surface area contributed by atoms with Crippen molar-refractivity contribution in [2.45, 2.75) is 19.5 Å².